The second-order valence-corrected chi connectivity index (χ2v) is 14.7. The summed E-state index contributed by atoms with van der Waals surface area (Å²) in [6, 6.07) is 7.81. The van der Waals surface area contributed by atoms with E-state index in [1.165, 1.54) is 25.7 Å². The molecule has 1 unspecified atom stereocenters. The standard InChI is InChI=1S/C8H9O4.2C4H9.Sn/c1-11-7-4-2-6(3-5-7)8(9)12-10;2*1-3-4-2;/h2-5,8,10H,1H3;2*1,3-4H2,2H3;/q-1;;;+2/p-1. The number of hydrogen-bond donors (Lipinski definition) is 0. The van der Waals surface area contributed by atoms with Gasteiger partial charge in [-0.25, -0.2) is 0 Å². The molecule has 1 aromatic carbocycles. The van der Waals surface area contributed by atoms with Gasteiger partial charge in [0.2, 0.25) is 0 Å². The Morgan fingerprint density at radius 2 is 1.67 bits per heavy atom. The van der Waals surface area contributed by atoms with E-state index < -0.39 is 19.2 Å². The Morgan fingerprint density at radius 1 is 1.05 bits per heavy atom. The summed E-state index contributed by atoms with van der Waals surface area (Å²) in [6.07, 6.45) is 4.31. The molecular weight excluding hydrogens is 375 g/mol. The van der Waals surface area contributed by atoms with Gasteiger partial charge in [-0.1, -0.05) is 0 Å². The van der Waals surface area contributed by atoms with E-state index >= 15 is 0 Å². The van der Waals surface area contributed by atoms with Crippen LogP contribution in [0.2, 0.25) is 8.87 Å². The number of benzene rings is 1. The first-order chi connectivity index (χ1) is 10.2. The minimum absolute atomic E-state index is 0.361. The van der Waals surface area contributed by atoms with Crippen molar-refractivity contribution in [1.82, 2.24) is 0 Å². The Morgan fingerprint density at radius 3 is 2.19 bits per heavy atom. The van der Waals surface area contributed by atoms with E-state index in [1.807, 2.05) is 24.3 Å². The van der Waals surface area contributed by atoms with Gasteiger partial charge in [-0.05, 0) is 0 Å². The first-order valence-electron chi connectivity index (χ1n) is 7.89. The Labute approximate surface area is 132 Å². The third-order valence-corrected chi connectivity index (χ3v) is 13.2. The molecule has 1 atom stereocenters. The summed E-state index contributed by atoms with van der Waals surface area (Å²) in [6.45, 7) is 4.41. The average molecular weight is 401 g/mol. The summed E-state index contributed by atoms with van der Waals surface area (Å²) in [5, 5.41) is 0. The van der Waals surface area contributed by atoms with Crippen molar-refractivity contribution in [2.75, 3.05) is 7.11 Å². The molecule has 0 aliphatic carbocycles. The van der Waals surface area contributed by atoms with Crippen LogP contribution in [0.25, 0.3) is 0 Å². The predicted octanol–water partition coefficient (Wildman–Crippen LogP) is 4.71. The van der Waals surface area contributed by atoms with Gasteiger partial charge in [0.15, 0.2) is 0 Å². The van der Waals surface area contributed by atoms with Crippen LogP contribution in [0.1, 0.15) is 51.4 Å². The minimum atomic E-state index is -3.02. The molecule has 4 nitrogen and oxygen atoms in total. The second kappa shape index (κ2) is 8.36. The van der Waals surface area contributed by atoms with Gasteiger partial charge in [0.05, 0.1) is 0 Å². The molecule has 1 fully saturated rings. The van der Waals surface area contributed by atoms with E-state index in [9.17, 15) is 0 Å². The van der Waals surface area contributed by atoms with Crippen LogP contribution >= 0.6 is 0 Å². The Hall–Kier alpha value is -0.301. The molecule has 1 aliphatic rings. The van der Waals surface area contributed by atoms with Crippen molar-refractivity contribution >= 4 is 19.2 Å². The van der Waals surface area contributed by atoms with Crippen molar-refractivity contribution in [3.63, 3.8) is 0 Å². The molecule has 118 valence electrons. The van der Waals surface area contributed by atoms with Crippen molar-refractivity contribution in [1.29, 1.82) is 0 Å². The molecule has 0 aromatic heterocycles. The van der Waals surface area contributed by atoms with Crippen LogP contribution in [-0.4, -0.2) is 26.3 Å². The first-order valence-corrected chi connectivity index (χ1v) is 14.3. The number of unbranched alkanes of at least 4 members (excludes halogenated alkanes) is 2. The molecule has 2 rings (SSSR count). The molecule has 0 saturated carbocycles. The summed E-state index contributed by atoms with van der Waals surface area (Å²) in [7, 11) is 1.66. The van der Waals surface area contributed by atoms with Crippen molar-refractivity contribution in [2.24, 2.45) is 0 Å². The molecule has 1 aromatic rings. The number of ether oxygens (including phenoxy) is 1. The zero-order valence-corrected chi connectivity index (χ0v) is 16.1. The fourth-order valence-corrected chi connectivity index (χ4v) is 11.9. The van der Waals surface area contributed by atoms with Gasteiger partial charge in [0.1, 0.15) is 0 Å². The molecule has 0 radical (unpaired) electrons. The fraction of sp³-hybridized carbons (Fsp3) is 0.625. The van der Waals surface area contributed by atoms with E-state index in [1.54, 1.807) is 7.11 Å². The third kappa shape index (κ3) is 4.58. The number of hydrogen-bond acceptors (Lipinski definition) is 4. The second-order valence-electron chi connectivity index (χ2n) is 5.52. The van der Waals surface area contributed by atoms with Crippen LogP contribution in [0.15, 0.2) is 24.3 Å². The predicted molar refractivity (Wildman–Crippen MR) is 84.2 cm³/mol. The zero-order chi connectivity index (χ0) is 15.1. The van der Waals surface area contributed by atoms with Crippen molar-refractivity contribution in [3.05, 3.63) is 29.8 Å². The first kappa shape index (κ1) is 17.1. The van der Waals surface area contributed by atoms with E-state index in [-0.39, 0.29) is 6.29 Å². The van der Waals surface area contributed by atoms with Crippen molar-refractivity contribution in [2.45, 2.75) is 54.7 Å². The molecule has 1 heterocycles. The van der Waals surface area contributed by atoms with Crippen molar-refractivity contribution < 1.29 is 15.9 Å². The van der Waals surface area contributed by atoms with E-state index in [4.69, 9.17) is 15.9 Å². The summed E-state index contributed by atoms with van der Waals surface area (Å²) in [5.74, 6) is 0.837. The summed E-state index contributed by atoms with van der Waals surface area (Å²) < 4.78 is 19.5. The normalized spacial score (nSPS) is 20.6. The number of methoxy groups -OCH3 is 1. The van der Waals surface area contributed by atoms with Gasteiger partial charge in [-0.3, -0.25) is 0 Å². The molecule has 1 aliphatic heterocycles. The van der Waals surface area contributed by atoms with E-state index in [0.717, 1.165) is 20.2 Å². The Balaban J connectivity index is 2.03. The SMILES string of the molecule is CCC[CH2][Sn]1([CH2]CCC)[O]OC(c2ccc(OC)cc2)[O]1. The fourth-order valence-electron chi connectivity index (χ4n) is 2.47. The quantitative estimate of drug-likeness (QED) is 0.467. The van der Waals surface area contributed by atoms with E-state index in [0.29, 0.717) is 0 Å². The molecule has 1 saturated heterocycles. The van der Waals surface area contributed by atoms with Crippen LogP contribution < -0.4 is 4.74 Å². The Bertz CT molecular complexity index is 413. The molecule has 0 bridgehead atoms. The van der Waals surface area contributed by atoms with Crippen LogP contribution in [0.5, 0.6) is 5.75 Å². The molecular formula is C16H26O4Sn. The van der Waals surface area contributed by atoms with E-state index in [2.05, 4.69) is 13.8 Å². The molecule has 21 heavy (non-hydrogen) atoms. The van der Waals surface area contributed by atoms with Crippen LogP contribution in [-0.2, 0) is 11.2 Å². The molecule has 0 amide bonds. The Kier molecular flexibility index (Phi) is 6.79. The topological polar surface area (TPSA) is 36.9 Å². The zero-order valence-electron chi connectivity index (χ0n) is 13.3. The van der Waals surface area contributed by atoms with Gasteiger partial charge in [-0.2, -0.15) is 0 Å². The maximum absolute atomic E-state index is 6.34. The molecule has 0 spiro atoms. The van der Waals surface area contributed by atoms with Crippen LogP contribution in [0.3, 0.4) is 0 Å². The van der Waals surface area contributed by atoms with Crippen molar-refractivity contribution in [3.8, 4) is 5.75 Å². The maximum atomic E-state index is 6.34. The van der Waals surface area contributed by atoms with Gasteiger partial charge in [0, 0.05) is 0 Å². The van der Waals surface area contributed by atoms with Gasteiger partial charge >= 0.3 is 133 Å². The summed E-state index contributed by atoms with van der Waals surface area (Å²) >= 11 is -3.02. The summed E-state index contributed by atoms with van der Waals surface area (Å²) in [5.41, 5.74) is 1.00. The van der Waals surface area contributed by atoms with Crippen LogP contribution in [0.4, 0.5) is 0 Å². The van der Waals surface area contributed by atoms with Gasteiger partial charge < -0.3 is 0 Å². The van der Waals surface area contributed by atoms with Gasteiger partial charge in [-0.15, -0.1) is 0 Å². The average Bonchev–Trinajstić information content (AvgIpc) is 2.96. The molecule has 5 heteroatoms. The van der Waals surface area contributed by atoms with Crippen LogP contribution in [0, 0.1) is 0 Å². The molecule has 0 N–H and O–H groups in total. The van der Waals surface area contributed by atoms with Gasteiger partial charge in [0.25, 0.3) is 0 Å². The summed E-state index contributed by atoms with van der Waals surface area (Å²) in [4.78, 5) is 5.55. The monoisotopic (exact) mass is 402 g/mol. The number of rotatable bonds is 8. The third-order valence-electron chi connectivity index (χ3n) is 3.82.